The molecule has 0 saturated heterocycles. The molecule has 1 atom stereocenters. The predicted molar refractivity (Wildman–Crippen MR) is 36.9 cm³/mol. The molecule has 1 aliphatic carbocycles. The summed E-state index contributed by atoms with van der Waals surface area (Å²) in [6, 6.07) is 0. The van der Waals surface area contributed by atoms with E-state index in [4.69, 9.17) is 5.73 Å². The van der Waals surface area contributed by atoms with Crippen LogP contribution in [-0.2, 0) is 4.74 Å². The van der Waals surface area contributed by atoms with Crippen LogP contribution < -0.4 is 5.73 Å². The molecule has 0 heterocycles. The average molecular weight is 161 g/mol. The minimum absolute atomic E-state index is 0.130. The topological polar surface area (TPSA) is 35.2 Å². The van der Waals surface area contributed by atoms with E-state index in [2.05, 4.69) is 4.74 Å². The molecule has 1 unspecified atom stereocenters. The van der Waals surface area contributed by atoms with Gasteiger partial charge in [0.25, 0.3) is 0 Å². The smallest absolute Gasteiger partial charge is 0.387 e. The Balaban J connectivity index is 2.58. The van der Waals surface area contributed by atoms with E-state index in [1.807, 2.05) is 0 Å². The maximum Gasteiger partial charge on any atom is 0.387 e. The van der Waals surface area contributed by atoms with Crippen LogP contribution in [0.3, 0.4) is 0 Å². The number of ether oxygens (including phenoxy) is 1. The fourth-order valence-corrected chi connectivity index (χ4v) is 0.841. The number of nitrogens with two attached hydrogens (primary N) is 1. The first-order valence-electron chi connectivity index (χ1n) is 3.15. The highest BCUT2D eigenvalue weighted by Gasteiger charge is 2.19. The van der Waals surface area contributed by atoms with Gasteiger partial charge in [0.1, 0.15) is 5.76 Å². The van der Waals surface area contributed by atoms with Crippen molar-refractivity contribution >= 4 is 0 Å². The standard InChI is InChI=1S/C7H9F2NO/c1-7(10)3-2-5(4-7)11-6(8)9/h2-4,6H,10H2,1H3. The van der Waals surface area contributed by atoms with E-state index >= 15 is 0 Å². The summed E-state index contributed by atoms with van der Waals surface area (Å²) in [4.78, 5) is 0. The minimum atomic E-state index is -2.78. The SMILES string of the molecule is CC1(N)C=CC(OC(F)F)=C1. The normalized spacial score (nSPS) is 29.4. The van der Waals surface area contributed by atoms with Crippen molar-refractivity contribution in [2.45, 2.75) is 19.1 Å². The second-order valence-corrected chi connectivity index (χ2v) is 2.62. The molecule has 2 N–H and O–H groups in total. The Morgan fingerprint density at radius 3 is 2.64 bits per heavy atom. The Kier molecular flexibility index (Phi) is 1.95. The van der Waals surface area contributed by atoms with Crippen molar-refractivity contribution < 1.29 is 13.5 Å². The molecule has 0 bridgehead atoms. The molecule has 0 aromatic rings. The molecule has 0 spiro atoms. The predicted octanol–water partition coefficient (Wildman–Crippen LogP) is 1.40. The highest BCUT2D eigenvalue weighted by molar-refractivity contribution is 5.32. The number of allylic oxidation sites excluding steroid dienone is 1. The molecular weight excluding hydrogens is 152 g/mol. The molecule has 62 valence electrons. The van der Waals surface area contributed by atoms with Gasteiger partial charge in [-0.1, -0.05) is 6.08 Å². The van der Waals surface area contributed by atoms with Crippen LogP contribution in [0, 0.1) is 0 Å². The fourth-order valence-electron chi connectivity index (χ4n) is 0.841. The summed E-state index contributed by atoms with van der Waals surface area (Å²) >= 11 is 0. The molecule has 1 aliphatic rings. The van der Waals surface area contributed by atoms with Gasteiger partial charge in [-0.05, 0) is 19.1 Å². The zero-order valence-electron chi connectivity index (χ0n) is 6.05. The van der Waals surface area contributed by atoms with Gasteiger partial charge in [-0.25, -0.2) is 0 Å². The van der Waals surface area contributed by atoms with Crippen molar-refractivity contribution in [3.63, 3.8) is 0 Å². The van der Waals surface area contributed by atoms with Crippen molar-refractivity contribution in [2.24, 2.45) is 5.73 Å². The quantitative estimate of drug-likeness (QED) is 0.664. The average Bonchev–Trinajstić information content (AvgIpc) is 2.08. The molecule has 0 aliphatic heterocycles. The van der Waals surface area contributed by atoms with Crippen LogP contribution in [0.2, 0.25) is 0 Å². The lowest BCUT2D eigenvalue weighted by molar-refractivity contribution is -0.0919. The Morgan fingerprint density at radius 1 is 1.64 bits per heavy atom. The van der Waals surface area contributed by atoms with Crippen LogP contribution >= 0.6 is 0 Å². The number of alkyl halides is 2. The van der Waals surface area contributed by atoms with Gasteiger partial charge in [0, 0.05) is 0 Å². The zero-order valence-corrected chi connectivity index (χ0v) is 6.05. The Labute approximate surface area is 63.3 Å². The first kappa shape index (κ1) is 8.20. The summed E-state index contributed by atoms with van der Waals surface area (Å²) in [5.74, 6) is 0.130. The van der Waals surface area contributed by atoms with E-state index in [-0.39, 0.29) is 5.76 Å². The van der Waals surface area contributed by atoms with Gasteiger partial charge < -0.3 is 10.5 Å². The van der Waals surface area contributed by atoms with Crippen LogP contribution in [0.15, 0.2) is 24.0 Å². The highest BCUT2D eigenvalue weighted by atomic mass is 19.3. The molecule has 0 amide bonds. The fraction of sp³-hybridized carbons (Fsp3) is 0.429. The summed E-state index contributed by atoms with van der Waals surface area (Å²) in [5.41, 5.74) is 4.91. The first-order valence-corrected chi connectivity index (χ1v) is 3.15. The van der Waals surface area contributed by atoms with E-state index in [1.54, 1.807) is 13.0 Å². The van der Waals surface area contributed by atoms with Gasteiger partial charge in [0.15, 0.2) is 0 Å². The van der Waals surface area contributed by atoms with E-state index in [9.17, 15) is 8.78 Å². The van der Waals surface area contributed by atoms with Crippen LogP contribution in [0.25, 0.3) is 0 Å². The van der Waals surface area contributed by atoms with E-state index in [0.29, 0.717) is 0 Å². The van der Waals surface area contributed by atoms with E-state index in [1.165, 1.54) is 12.2 Å². The molecule has 2 nitrogen and oxygen atoms in total. The van der Waals surface area contributed by atoms with Crippen LogP contribution in [-0.4, -0.2) is 12.2 Å². The van der Waals surface area contributed by atoms with Gasteiger partial charge in [-0.2, -0.15) is 8.78 Å². The number of hydrogen-bond donors (Lipinski definition) is 1. The molecule has 0 aromatic heterocycles. The Hall–Kier alpha value is -0.900. The van der Waals surface area contributed by atoms with Crippen molar-refractivity contribution in [3.8, 4) is 0 Å². The van der Waals surface area contributed by atoms with Gasteiger partial charge in [0.2, 0.25) is 0 Å². The summed E-state index contributed by atoms with van der Waals surface area (Å²) < 4.78 is 27.3. The second kappa shape index (κ2) is 2.62. The molecule has 4 heteroatoms. The lowest BCUT2D eigenvalue weighted by atomic mass is 10.1. The maximum atomic E-state index is 11.6. The van der Waals surface area contributed by atoms with Crippen molar-refractivity contribution in [2.75, 3.05) is 0 Å². The number of halogens is 2. The minimum Gasteiger partial charge on any atom is -0.435 e. The first-order chi connectivity index (χ1) is 4.99. The third-order valence-corrected chi connectivity index (χ3v) is 1.29. The van der Waals surface area contributed by atoms with E-state index in [0.717, 1.165) is 0 Å². The summed E-state index contributed by atoms with van der Waals surface area (Å²) in [6.07, 6.45) is 4.48. The lowest BCUT2D eigenvalue weighted by Gasteiger charge is -2.09. The summed E-state index contributed by atoms with van der Waals surface area (Å²) in [7, 11) is 0. The number of rotatable bonds is 2. The molecule has 0 radical (unpaired) electrons. The van der Waals surface area contributed by atoms with Gasteiger partial charge in [-0.15, -0.1) is 0 Å². The van der Waals surface area contributed by atoms with Gasteiger partial charge >= 0.3 is 6.61 Å². The zero-order chi connectivity index (χ0) is 8.48. The molecule has 0 fully saturated rings. The Morgan fingerprint density at radius 2 is 2.27 bits per heavy atom. The van der Waals surface area contributed by atoms with Crippen LogP contribution in [0.4, 0.5) is 8.78 Å². The monoisotopic (exact) mass is 161 g/mol. The maximum absolute atomic E-state index is 11.6. The van der Waals surface area contributed by atoms with Crippen molar-refractivity contribution in [1.29, 1.82) is 0 Å². The molecule has 0 saturated carbocycles. The molecule has 1 rings (SSSR count). The largest absolute Gasteiger partial charge is 0.435 e. The third-order valence-electron chi connectivity index (χ3n) is 1.29. The van der Waals surface area contributed by atoms with Crippen LogP contribution in [0.5, 0.6) is 0 Å². The van der Waals surface area contributed by atoms with Crippen molar-refractivity contribution in [1.82, 2.24) is 0 Å². The number of hydrogen-bond acceptors (Lipinski definition) is 2. The van der Waals surface area contributed by atoms with Crippen LogP contribution in [0.1, 0.15) is 6.92 Å². The lowest BCUT2D eigenvalue weighted by Crippen LogP contribution is -2.28. The Bertz CT molecular complexity index is 208. The summed E-state index contributed by atoms with van der Waals surface area (Å²) in [5, 5.41) is 0. The molecule has 11 heavy (non-hydrogen) atoms. The van der Waals surface area contributed by atoms with Crippen molar-refractivity contribution in [3.05, 3.63) is 24.0 Å². The van der Waals surface area contributed by atoms with Gasteiger partial charge in [-0.3, -0.25) is 0 Å². The van der Waals surface area contributed by atoms with E-state index < -0.39 is 12.2 Å². The molecular formula is C7H9F2NO. The third kappa shape index (κ3) is 2.31. The summed E-state index contributed by atoms with van der Waals surface area (Å²) in [6.45, 7) is -1.08. The van der Waals surface area contributed by atoms with Gasteiger partial charge in [0.05, 0.1) is 5.54 Å². The second-order valence-electron chi connectivity index (χ2n) is 2.62. The molecule has 0 aromatic carbocycles. The highest BCUT2D eigenvalue weighted by Crippen LogP contribution is 2.19.